The van der Waals surface area contributed by atoms with Crippen LogP contribution in [0.2, 0.25) is 0 Å². The van der Waals surface area contributed by atoms with Crippen LogP contribution in [0.5, 0.6) is 0 Å². The molecule has 1 N–H and O–H groups in total. The highest BCUT2D eigenvalue weighted by atomic mass is 15.3. The van der Waals surface area contributed by atoms with Gasteiger partial charge >= 0.3 is 0 Å². The highest BCUT2D eigenvalue weighted by molar-refractivity contribution is 5.42. The molecule has 0 amide bonds. The van der Waals surface area contributed by atoms with Gasteiger partial charge in [0.1, 0.15) is 0 Å². The molecule has 0 fully saturated rings. The molecule has 1 atom stereocenters. The fourth-order valence-corrected chi connectivity index (χ4v) is 2.19. The summed E-state index contributed by atoms with van der Waals surface area (Å²) >= 11 is 0. The molecule has 0 saturated heterocycles. The van der Waals surface area contributed by atoms with Crippen LogP contribution in [0.25, 0.3) is 5.65 Å². The molecular weight excluding hydrogens is 236 g/mol. The van der Waals surface area contributed by atoms with Gasteiger partial charge in [0.2, 0.25) is 0 Å². The average Bonchev–Trinajstić information content (AvgIpc) is 2.76. The molecule has 0 bridgehead atoms. The zero-order valence-corrected chi connectivity index (χ0v) is 12.0. The minimum Gasteiger partial charge on any atom is -0.309 e. The molecule has 4 nitrogen and oxygen atoms in total. The Morgan fingerprint density at radius 2 is 2.21 bits per heavy atom. The number of aryl methyl sites for hydroxylation is 2. The Kier molecular flexibility index (Phi) is 4.18. The Morgan fingerprint density at radius 3 is 2.95 bits per heavy atom. The monoisotopic (exact) mass is 256 g/mol. The first-order valence-corrected chi connectivity index (χ1v) is 6.58. The van der Waals surface area contributed by atoms with Crippen molar-refractivity contribution >= 4 is 5.65 Å². The maximum Gasteiger partial charge on any atom is 0.155 e. The molecule has 0 aliphatic carbocycles. The van der Waals surface area contributed by atoms with Gasteiger partial charge in [0.05, 0.1) is 5.69 Å². The molecule has 19 heavy (non-hydrogen) atoms. The summed E-state index contributed by atoms with van der Waals surface area (Å²) in [7, 11) is 0. The van der Waals surface area contributed by atoms with Gasteiger partial charge in [0, 0.05) is 42.5 Å². The van der Waals surface area contributed by atoms with Crippen molar-refractivity contribution in [3.63, 3.8) is 0 Å². The molecule has 1 unspecified atom stereocenters. The number of nitrogens with one attached hydrogen (secondary N) is 1. The van der Waals surface area contributed by atoms with Crippen molar-refractivity contribution in [2.24, 2.45) is 0 Å². The first-order chi connectivity index (χ1) is 9.13. The van der Waals surface area contributed by atoms with Gasteiger partial charge in [0.25, 0.3) is 0 Å². The zero-order valence-electron chi connectivity index (χ0n) is 12.0. The number of fused-ring (bicyclic) bond motifs is 1. The predicted molar refractivity (Wildman–Crippen MR) is 76.9 cm³/mol. The summed E-state index contributed by atoms with van der Waals surface area (Å²) in [6.07, 6.45) is 2.81. The second kappa shape index (κ2) is 5.85. The zero-order chi connectivity index (χ0) is 13.8. The van der Waals surface area contributed by atoms with Crippen LogP contribution in [0, 0.1) is 25.7 Å². The van der Waals surface area contributed by atoms with E-state index in [-0.39, 0.29) is 6.04 Å². The molecular formula is C15H20N4. The highest BCUT2D eigenvalue weighted by Gasteiger charge is 2.12. The van der Waals surface area contributed by atoms with Crippen molar-refractivity contribution in [3.8, 4) is 11.8 Å². The summed E-state index contributed by atoms with van der Waals surface area (Å²) < 4.78 is 1.91. The van der Waals surface area contributed by atoms with E-state index in [1.807, 2.05) is 30.6 Å². The second-order valence-electron chi connectivity index (χ2n) is 4.71. The second-order valence-corrected chi connectivity index (χ2v) is 4.71. The lowest BCUT2D eigenvalue weighted by Crippen LogP contribution is -2.21. The summed E-state index contributed by atoms with van der Waals surface area (Å²) in [5, 5.41) is 7.93. The highest BCUT2D eigenvalue weighted by Crippen LogP contribution is 2.17. The van der Waals surface area contributed by atoms with E-state index in [1.165, 1.54) is 5.56 Å². The average molecular weight is 256 g/mol. The molecule has 2 rings (SSSR count). The number of nitrogens with zero attached hydrogens (tertiary/aromatic N) is 3. The molecule has 0 radical (unpaired) electrons. The van der Waals surface area contributed by atoms with E-state index in [0.717, 1.165) is 30.0 Å². The summed E-state index contributed by atoms with van der Waals surface area (Å²) in [5.74, 6) is 5.96. The molecule has 0 aliphatic rings. The topological polar surface area (TPSA) is 42.2 Å². The predicted octanol–water partition coefficient (Wildman–Crippen LogP) is 2.41. The van der Waals surface area contributed by atoms with Crippen LogP contribution in [-0.2, 0) is 0 Å². The van der Waals surface area contributed by atoms with Gasteiger partial charge in [-0.1, -0.05) is 0 Å². The third-order valence-electron chi connectivity index (χ3n) is 3.23. The molecule has 0 aliphatic heterocycles. The van der Waals surface area contributed by atoms with Crippen molar-refractivity contribution in [3.05, 3.63) is 29.2 Å². The Labute approximate surface area is 114 Å². The van der Waals surface area contributed by atoms with Crippen LogP contribution in [-0.4, -0.2) is 21.1 Å². The number of aromatic nitrogens is 3. The van der Waals surface area contributed by atoms with Gasteiger partial charge in [-0.15, -0.1) is 11.8 Å². The first kappa shape index (κ1) is 13.6. The van der Waals surface area contributed by atoms with E-state index >= 15 is 0 Å². The Morgan fingerprint density at radius 1 is 1.42 bits per heavy atom. The lowest BCUT2D eigenvalue weighted by atomic mass is 10.1. The normalized spacial score (nSPS) is 12.2. The fraction of sp³-hybridized carbons (Fsp3) is 0.467. The standard InChI is InChI=1S/C15H20N4/c1-5-6-7-8-16-12(3)14-10-17-15-9-11(2)18-19(15)13(14)4/h9-10,12,16H,7-8H2,1-4H3. The quantitative estimate of drug-likeness (QED) is 0.674. The molecule has 2 aromatic rings. The van der Waals surface area contributed by atoms with Gasteiger partial charge in [-0.3, -0.25) is 0 Å². The van der Waals surface area contributed by atoms with Crippen LogP contribution in [0.15, 0.2) is 12.3 Å². The lowest BCUT2D eigenvalue weighted by Gasteiger charge is -2.16. The molecule has 4 heteroatoms. The number of hydrogen-bond acceptors (Lipinski definition) is 3. The van der Waals surface area contributed by atoms with Crippen LogP contribution < -0.4 is 5.32 Å². The van der Waals surface area contributed by atoms with Crippen molar-refractivity contribution in [1.29, 1.82) is 0 Å². The number of rotatable bonds is 4. The van der Waals surface area contributed by atoms with E-state index in [2.05, 4.69) is 41.1 Å². The van der Waals surface area contributed by atoms with Gasteiger partial charge in [-0.25, -0.2) is 9.50 Å². The Bertz CT molecular complexity index is 631. The van der Waals surface area contributed by atoms with E-state index in [1.54, 1.807) is 0 Å². The van der Waals surface area contributed by atoms with Crippen molar-refractivity contribution < 1.29 is 0 Å². The molecule has 0 spiro atoms. The van der Waals surface area contributed by atoms with Gasteiger partial charge in [-0.05, 0) is 27.7 Å². The van der Waals surface area contributed by atoms with Gasteiger partial charge in [0.15, 0.2) is 5.65 Å². The third kappa shape index (κ3) is 2.94. The van der Waals surface area contributed by atoms with Gasteiger partial charge in [-0.2, -0.15) is 5.10 Å². The molecule has 2 heterocycles. The summed E-state index contributed by atoms with van der Waals surface area (Å²) in [5.41, 5.74) is 4.22. The minimum atomic E-state index is 0.250. The van der Waals surface area contributed by atoms with E-state index < -0.39 is 0 Å². The largest absolute Gasteiger partial charge is 0.309 e. The van der Waals surface area contributed by atoms with Crippen LogP contribution in [0.3, 0.4) is 0 Å². The molecule has 0 aromatic carbocycles. The smallest absolute Gasteiger partial charge is 0.155 e. The molecule has 100 valence electrons. The van der Waals surface area contributed by atoms with Gasteiger partial charge < -0.3 is 5.32 Å². The Balaban J connectivity index is 2.18. The first-order valence-electron chi connectivity index (χ1n) is 6.58. The maximum absolute atomic E-state index is 4.47. The van der Waals surface area contributed by atoms with Crippen LogP contribution in [0.1, 0.15) is 43.3 Å². The van der Waals surface area contributed by atoms with Crippen molar-refractivity contribution in [1.82, 2.24) is 19.9 Å². The van der Waals surface area contributed by atoms with Crippen LogP contribution in [0.4, 0.5) is 0 Å². The summed E-state index contributed by atoms with van der Waals surface area (Å²) in [4.78, 5) is 4.46. The van der Waals surface area contributed by atoms with E-state index in [9.17, 15) is 0 Å². The lowest BCUT2D eigenvalue weighted by molar-refractivity contribution is 0.574. The number of hydrogen-bond donors (Lipinski definition) is 1. The summed E-state index contributed by atoms with van der Waals surface area (Å²) in [6, 6.07) is 2.24. The molecule has 2 aromatic heterocycles. The Hall–Kier alpha value is -1.86. The van der Waals surface area contributed by atoms with Crippen LogP contribution >= 0.6 is 0 Å². The van der Waals surface area contributed by atoms with Crippen molar-refractivity contribution in [2.75, 3.05) is 6.54 Å². The van der Waals surface area contributed by atoms with Crippen molar-refractivity contribution in [2.45, 2.75) is 40.2 Å². The van der Waals surface area contributed by atoms with E-state index in [0.29, 0.717) is 0 Å². The molecule has 0 saturated carbocycles. The SMILES string of the molecule is CC#CCCNC(C)c1cnc2cc(C)nn2c1C. The maximum atomic E-state index is 4.47. The fourth-order valence-electron chi connectivity index (χ4n) is 2.19. The third-order valence-corrected chi connectivity index (χ3v) is 3.23. The summed E-state index contributed by atoms with van der Waals surface area (Å²) in [6.45, 7) is 8.97. The minimum absolute atomic E-state index is 0.250. The van der Waals surface area contributed by atoms with E-state index in [4.69, 9.17) is 0 Å².